The van der Waals surface area contributed by atoms with Crippen LogP contribution in [0.1, 0.15) is 16.7 Å². The monoisotopic (exact) mass is 442 g/mol. The molecule has 0 aliphatic rings. The summed E-state index contributed by atoms with van der Waals surface area (Å²) in [5, 5.41) is 39.3. The summed E-state index contributed by atoms with van der Waals surface area (Å²) in [6.07, 6.45) is 2.06. The van der Waals surface area contributed by atoms with Crippen LogP contribution in [0.15, 0.2) is 85.1 Å². The Morgan fingerprint density at radius 2 is 1.11 bits per heavy atom. The third-order valence-electron chi connectivity index (χ3n) is 7.05. The van der Waals surface area contributed by atoms with Gasteiger partial charge in [-0.25, -0.2) is 0 Å². The van der Waals surface area contributed by atoms with Crippen LogP contribution >= 0.6 is 0 Å². The average Bonchev–Trinajstić information content (AvgIpc) is 3.31. The summed E-state index contributed by atoms with van der Waals surface area (Å²) in [6.45, 7) is 0. The van der Waals surface area contributed by atoms with Gasteiger partial charge in [-0.1, -0.05) is 72.8 Å². The second kappa shape index (κ2) is 6.82. The largest absolute Gasteiger partial charge is 0.315 e. The number of nitriles is 3. The number of hydrogen-bond donors (Lipinski definition) is 0. The molecular weight excluding hydrogens is 428 g/mol. The molecule has 35 heavy (non-hydrogen) atoms. The van der Waals surface area contributed by atoms with Crippen molar-refractivity contribution in [1.82, 2.24) is 4.40 Å². The minimum Gasteiger partial charge on any atom is -0.315 e. The highest BCUT2D eigenvalue weighted by Crippen LogP contribution is 2.45. The zero-order chi connectivity index (χ0) is 23.7. The van der Waals surface area contributed by atoms with E-state index in [0.29, 0.717) is 5.39 Å². The molecule has 7 rings (SSSR count). The van der Waals surface area contributed by atoms with Crippen molar-refractivity contribution in [2.75, 3.05) is 0 Å². The lowest BCUT2D eigenvalue weighted by Crippen LogP contribution is -1.99. The van der Waals surface area contributed by atoms with Crippen molar-refractivity contribution in [3.8, 4) is 18.2 Å². The fraction of sp³-hybridized carbons (Fsp3) is 0. The van der Waals surface area contributed by atoms with E-state index in [9.17, 15) is 15.8 Å². The summed E-state index contributed by atoms with van der Waals surface area (Å²) in [5.74, 6) is 0. The Kier molecular flexibility index (Phi) is 3.73. The quantitative estimate of drug-likeness (QED) is 0.231. The van der Waals surface area contributed by atoms with Gasteiger partial charge in [0.2, 0.25) is 0 Å². The van der Waals surface area contributed by atoms with Gasteiger partial charge in [-0.3, -0.25) is 0 Å². The molecule has 0 N–H and O–H groups in total. The van der Waals surface area contributed by atoms with Crippen molar-refractivity contribution in [1.29, 1.82) is 15.8 Å². The first-order valence-corrected chi connectivity index (χ1v) is 11.2. The van der Waals surface area contributed by atoms with Crippen molar-refractivity contribution in [3.05, 3.63) is 102 Å². The molecule has 0 atom stereocenters. The molecule has 0 spiro atoms. The van der Waals surface area contributed by atoms with E-state index in [1.165, 1.54) is 0 Å². The highest BCUT2D eigenvalue weighted by molar-refractivity contribution is 6.37. The van der Waals surface area contributed by atoms with Crippen LogP contribution in [0.2, 0.25) is 0 Å². The van der Waals surface area contributed by atoms with Gasteiger partial charge < -0.3 is 4.40 Å². The lowest BCUT2D eigenvalue weighted by Gasteiger charge is -2.17. The topological polar surface area (TPSA) is 75.8 Å². The van der Waals surface area contributed by atoms with E-state index in [0.717, 1.165) is 54.1 Å². The minimum atomic E-state index is 0.122. The molecule has 4 heteroatoms. The molecule has 158 valence electrons. The SMILES string of the molecule is N#Cc1cc2c(c(C#N)c1C#N)c1c3ccccc3c3ccccc3c1c1c3ccccc3cn21. The van der Waals surface area contributed by atoms with Crippen LogP contribution in [0.25, 0.3) is 59.5 Å². The molecule has 0 saturated heterocycles. The predicted molar refractivity (Wildman–Crippen MR) is 139 cm³/mol. The molecular formula is C31H14N4. The number of hydrogen-bond acceptors (Lipinski definition) is 3. The van der Waals surface area contributed by atoms with Crippen LogP contribution in [0.5, 0.6) is 0 Å². The lowest BCUT2D eigenvalue weighted by molar-refractivity contribution is 1.29. The lowest BCUT2D eigenvalue weighted by atomic mass is 9.88. The number of aromatic nitrogens is 1. The van der Waals surface area contributed by atoms with Gasteiger partial charge in [-0.05, 0) is 27.6 Å². The van der Waals surface area contributed by atoms with Gasteiger partial charge in [0.05, 0.1) is 27.7 Å². The molecule has 0 aliphatic heterocycles. The van der Waals surface area contributed by atoms with Crippen LogP contribution in [-0.4, -0.2) is 4.40 Å². The maximum absolute atomic E-state index is 10.3. The van der Waals surface area contributed by atoms with Crippen LogP contribution in [0, 0.1) is 34.0 Å². The normalized spacial score (nSPS) is 11.3. The average molecular weight is 442 g/mol. The van der Waals surface area contributed by atoms with E-state index < -0.39 is 0 Å². The molecule has 0 amide bonds. The van der Waals surface area contributed by atoms with E-state index in [1.54, 1.807) is 6.07 Å². The summed E-state index contributed by atoms with van der Waals surface area (Å²) in [5.41, 5.74) is 2.35. The standard InChI is InChI=1S/C31H14N4/c32-14-19-13-27-28(26(16-34)25(19)15-33)29-23-11-5-3-9-21(23)22-10-4-6-12-24(22)30(29)31-20-8-2-1-7-18(20)17-35(27)31/h1-13,17H. The molecule has 0 unspecified atom stereocenters. The van der Waals surface area contributed by atoms with E-state index >= 15 is 0 Å². The van der Waals surface area contributed by atoms with Gasteiger partial charge in [-0.15, -0.1) is 0 Å². The Morgan fingerprint density at radius 1 is 0.543 bits per heavy atom. The Labute approximate surface area is 199 Å². The number of rotatable bonds is 0. The van der Waals surface area contributed by atoms with Gasteiger partial charge in [0.25, 0.3) is 0 Å². The third kappa shape index (κ3) is 2.32. The summed E-state index contributed by atoms with van der Waals surface area (Å²) in [6, 6.07) is 33.1. The fourth-order valence-corrected chi connectivity index (χ4v) is 5.68. The first-order chi connectivity index (χ1) is 17.3. The third-order valence-corrected chi connectivity index (χ3v) is 7.05. The van der Waals surface area contributed by atoms with E-state index in [2.05, 4.69) is 65.2 Å². The van der Waals surface area contributed by atoms with Gasteiger partial charge in [0.15, 0.2) is 0 Å². The summed E-state index contributed by atoms with van der Waals surface area (Å²) >= 11 is 0. The fourth-order valence-electron chi connectivity index (χ4n) is 5.68. The molecule has 5 aromatic carbocycles. The van der Waals surface area contributed by atoms with Gasteiger partial charge in [0.1, 0.15) is 18.2 Å². The molecule has 0 fully saturated rings. The molecule has 2 aromatic heterocycles. The maximum atomic E-state index is 10.3. The van der Waals surface area contributed by atoms with Crippen molar-refractivity contribution >= 4 is 59.5 Å². The molecule has 2 heterocycles. The highest BCUT2D eigenvalue weighted by Gasteiger charge is 2.23. The molecule has 0 bridgehead atoms. The highest BCUT2D eigenvalue weighted by atomic mass is 14.9. The molecule has 7 aromatic rings. The maximum Gasteiger partial charge on any atom is 0.102 e. The van der Waals surface area contributed by atoms with Gasteiger partial charge in [0, 0.05) is 33.1 Å². The number of benzene rings is 5. The van der Waals surface area contributed by atoms with E-state index in [1.807, 2.05) is 36.4 Å². The molecule has 4 nitrogen and oxygen atoms in total. The van der Waals surface area contributed by atoms with Gasteiger partial charge >= 0.3 is 0 Å². The van der Waals surface area contributed by atoms with Crippen LogP contribution in [0.4, 0.5) is 0 Å². The molecule has 0 saturated carbocycles. The Balaban J connectivity index is 2.01. The van der Waals surface area contributed by atoms with Gasteiger partial charge in [-0.2, -0.15) is 15.8 Å². The second-order valence-electron chi connectivity index (χ2n) is 8.68. The van der Waals surface area contributed by atoms with Crippen molar-refractivity contribution < 1.29 is 0 Å². The Hall–Kier alpha value is -5.37. The minimum absolute atomic E-state index is 0.122. The van der Waals surface area contributed by atoms with Crippen molar-refractivity contribution in [3.63, 3.8) is 0 Å². The molecule has 0 radical (unpaired) electrons. The molecule has 0 aliphatic carbocycles. The zero-order valence-corrected chi connectivity index (χ0v) is 18.4. The van der Waals surface area contributed by atoms with E-state index in [4.69, 9.17) is 0 Å². The first kappa shape index (κ1) is 19.1. The van der Waals surface area contributed by atoms with Crippen LogP contribution < -0.4 is 0 Å². The van der Waals surface area contributed by atoms with Crippen molar-refractivity contribution in [2.45, 2.75) is 0 Å². The smallest absolute Gasteiger partial charge is 0.102 e. The second-order valence-corrected chi connectivity index (χ2v) is 8.68. The van der Waals surface area contributed by atoms with Crippen molar-refractivity contribution in [2.24, 2.45) is 0 Å². The predicted octanol–water partition coefficient (Wildman–Crippen LogP) is 7.32. The van der Waals surface area contributed by atoms with Crippen LogP contribution in [-0.2, 0) is 0 Å². The first-order valence-electron chi connectivity index (χ1n) is 11.2. The number of nitrogens with zero attached hydrogens (tertiary/aromatic N) is 4. The Bertz CT molecular complexity index is 2200. The number of fused-ring (bicyclic) bond motifs is 13. The van der Waals surface area contributed by atoms with Crippen LogP contribution in [0.3, 0.4) is 0 Å². The summed E-state index contributed by atoms with van der Waals surface area (Å²) < 4.78 is 2.09. The zero-order valence-electron chi connectivity index (χ0n) is 18.4. The summed E-state index contributed by atoms with van der Waals surface area (Å²) in [4.78, 5) is 0. The summed E-state index contributed by atoms with van der Waals surface area (Å²) in [7, 11) is 0. The van der Waals surface area contributed by atoms with E-state index in [-0.39, 0.29) is 16.7 Å². The Morgan fingerprint density at radius 3 is 1.74 bits per heavy atom. The number of pyridine rings is 1.